The molecular formula is C56H106NO8P. The molecule has 0 saturated carbocycles. The van der Waals surface area contributed by atoms with Crippen molar-refractivity contribution < 1.29 is 37.6 Å². The van der Waals surface area contributed by atoms with E-state index in [2.05, 4.69) is 50.3 Å². The van der Waals surface area contributed by atoms with Crippen LogP contribution in [0.2, 0.25) is 0 Å². The van der Waals surface area contributed by atoms with Crippen LogP contribution in [0.4, 0.5) is 0 Å². The Hall–Kier alpha value is -1.77. The molecular weight excluding hydrogens is 846 g/mol. The molecule has 9 nitrogen and oxygen atoms in total. The van der Waals surface area contributed by atoms with Crippen LogP contribution in [0.1, 0.15) is 277 Å². The Morgan fingerprint density at radius 1 is 0.455 bits per heavy atom. The molecule has 0 amide bonds. The van der Waals surface area contributed by atoms with E-state index in [-0.39, 0.29) is 38.6 Å². The molecule has 0 spiro atoms. The van der Waals surface area contributed by atoms with Crippen LogP contribution < -0.4 is 5.73 Å². The molecule has 0 aliphatic heterocycles. The number of hydrogen-bond donors (Lipinski definition) is 2. The standard InChI is InChI=1S/C56H106NO8P/c1-3-5-7-9-11-13-15-17-19-20-21-22-23-24-25-26-27-28-29-30-31-32-33-34-35-37-38-40-42-44-46-48-55(58)62-52-54(53-64-66(60,61)63-51-50-57)65-56(59)49-47-45-43-41-39-36-18-16-14-12-10-8-6-4-2/h10,12,16,18,20-21,54H,3-9,11,13-15,17,19,22-53,57H2,1-2H3,(H,60,61)/b12-10-,18-16-,21-20-. The van der Waals surface area contributed by atoms with Crippen LogP contribution >= 0.6 is 7.82 Å². The first-order valence-corrected chi connectivity index (χ1v) is 29.5. The van der Waals surface area contributed by atoms with Crippen molar-refractivity contribution in [1.29, 1.82) is 0 Å². The molecule has 0 aromatic heterocycles. The van der Waals surface area contributed by atoms with Crippen molar-refractivity contribution in [1.82, 2.24) is 0 Å². The summed E-state index contributed by atoms with van der Waals surface area (Å²) in [4.78, 5) is 35.0. The predicted molar refractivity (Wildman–Crippen MR) is 280 cm³/mol. The highest BCUT2D eigenvalue weighted by Crippen LogP contribution is 2.43. The highest BCUT2D eigenvalue weighted by molar-refractivity contribution is 7.47. The van der Waals surface area contributed by atoms with Crippen LogP contribution in [0.3, 0.4) is 0 Å². The lowest BCUT2D eigenvalue weighted by atomic mass is 10.0. The van der Waals surface area contributed by atoms with E-state index < -0.39 is 26.5 Å². The highest BCUT2D eigenvalue weighted by Gasteiger charge is 2.26. The van der Waals surface area contributed by atoms with Gasteiger partial charge in [0.1, 0.15) is 6.61 Å². The first-order chi connectivity index (χ1) is 32.3. The van der Waals surface area contributed by atoms with Crippen molar-refractivity contribution >= 4 is 19.8 Å². The Morgan fingerprint density at radius 2 is 0.803 bits per heavy atom. The zero-order valence-corrected chi connectivity index (χ0v) is 44.1. The molecule has 0 aliphatic rings. The maximum Gasteiger partial charge on any atom is 0.472 e. The van der Waals surface area contributed by atoms with E-state index in [4.69, 9.17) is 24.3 Å². The van der Waals surface area contributed by atoms with Gasteiger partial charge < -0.3 is 20.1 Å². The Morgan fingerprint density at radius 3 is 1.21 bits per heavy atom. The van der Waals surface area contributed by atoms with E-state index >= 15 is 0 Å². The number of unbranched alkanes of at least 4 members (excludes halogenated alkanes) is 34. The van der Waals surface area contributed by atoms with Gasteiger partial charge in [-0.15, -0.1) is 0 Å². The third-order valence-corrected chi connectivity index (χ3v) is 13.2. The minimum Gasteiger partial charge on any atom is -0.462 e. The summed E-state index contributed by atoms with van der Waals surface area (Å²) in [5.41, 5.74) is 5.37. The monoisotopic (exact) mass is 952 g/mol. The van der Waals surface area contributed by atoms with Crippen LogP contribution in [0, 0.1) is 0 Å². The summed E-state index contributed by atoms with van der Waals surface area (Å²) in [5, 5.41) is 0. The Labute approximate surface area is 407 Å². The second-order valence-corrected chi connectivity index (χ2v) is 20.3. The van der Waals surface area contributed by atoms with Gasteiger partial charge in [0.05, 0.1) is 13.2 Å². The molecule has 0 radical (unpaired) electrons. The normalized spacial score (nSPS) is 13.3. The summed E-state index contributed by atoms with van der Waals surface area (Å²) < 4.78 is 32.9. The second-order valence-electron chi connectivity index (χ2n) is 18.8. The van der Waals surface area contributed by atoms with E-state index in [0.717, 1.165) is 64.2 Å². The zero-order valence-electron chi connectivity index (χ0n) is 43.2. The predicted octanol–water partition coefficient (Wildman–Crippen LogP) is 17.2. The van der Waals surface area contributed by atoms with Crippen LogP contribution in [-0.2, 0) is 32.7 Å². The van der Waals surface area contributed by atoms with Crippen LogP contribution in [0.15, 0.2) is 36.5 Å². The van der Waals surface area contributed by atoms with Gasteiger partial charge >= 0.3 is 19.8 Å². The van der Waals surface area contributed by atoms with E-state index in [9.17, 15) is 19.0 Å². The number of phosphoric ester groups is 1. The van der Waals surface area contributed by atoms with Crippen molar-refractivity contribution in [3.05, 3.63) is 36.5 Å². The molecule has 388 valence electrons. The van der Waals surface area contributed by atoms with Gasteiger partial charge in [-0.2, -0.15) is 0 Å². The number of rotatable bonds is 53. The summed E-state index contributed by atoms with van der Waals surface area (Å²) >= 11 is 0. The van der Waals surface area contributed by atoms with Crippen molar-refractivity contribution in [2.75, 3.05) is 26.4 Å². The zero-order chi connectivity index (χ0) is 48.1. The molecule has 0 aromatic rings. The Balaban J connectivity index is 3.85. The van der Waals surface area contributed by atoms with E-state index in [0.29, 0.717) is 6.42 Å². The molecule has 0 aromatic carbocycles. The maximum absolute atomic E-state index is 12.6. The summed E-state index contributed by atoms with van der Waals surface area (Å²) in [6.07, 6.45) is 62.2. The molecule has 0 fully saturated rings. The van der Waals surface area contributed by atoms with Gasteiger partial charge in [0.25, 0.3) is 0 Å². The van der Waals surface area contributed by atoms with Crippen LogP contribution in [0.5, 0.6) is 0 Å². The van der Waals surface area contributed by atoms with Gasteiger partial charge in [-0.25, -0.2) is 4.57 Å². The van der Waals surface area contributed by atoms with Crippen molar-refractivity contribution in [3.63, 3.8) is 0 Å². The molecule has 3 N–H and O–H groups in total. The smallest absolute Gasteiger partial charge is 0.462 e. The molecule has 0 heterocycles. The number of ether oxygens (including phenoxy) is 2. The lowest BCUT2D eigenvalue weighted by Crippen LogP contribution is -2.29. The highest BCUT2D eigenvalue weighted by atomic mass is 31.2. The van der Waals surface area contributed by atoms with Gasteiger partial charge in [0.2, 0.25) is 0 Å². The largest absolute Gasteiger partial charge is 0.472 e. The average Bonchev–Trinajstić information content (AvgIpc) is 3.31. The Bertz CT molecular complexity index is 1180. The third kappa shape index (κ3) is 51.6. The lowest BCUT2D eigenvalue weighted by molar-refractivity contribution is -0.161. The number of hydrogen-bond acceptors (Lipinski definition) is 8. The molecule has 66 heavy (non-hydrogen) atoms. The number of nitrogens with two attached hydrogens (primary N) is 1. The first-order valence-electron chi connectivity index (χ1n) is 28.0. The van der Waals surface area contributed by atoms with Gasteiger partial charge in [0, 0.05) is 19.4 Å². The van der Waals surface area contributed by atoms with Gasteiger partial charge in [-0.3, -0.25) is 18.6 Å². The van der Waals surface area contributed by atoms with Crippen molar-refractivity contribution in [2.24, 2.45) is 5.73 Å². The summed E-state index contributed by atoms with van der Waals surface area (Å²) in [5.74, 6) is -0.834. The Kier molecular flexibility index (Phi) is 51.2. The number of allylic oxidation sites excluding steroid dienone is 6. The third-order valence-electron chi connectivity index (χ3n) is 12.2. The molecule has 2 atom stereocenters. The van der Waals surface area contributed by atoms with Crippen molar-refractivity contribution in [2.45, 2.75) is 283 Å². The van der Waals surface area contributed by atoms with Crippen LogP contribution in [-0.4, -0.2) is 49.3 Å². The summed E-state index contributed by atoms with van der Waals surface area (Å²) in [7, 11) is -4.38. The molecule has 0 aliphatic carbocycles. The van der Waals surface area contributed by atoms with Gasteiger partial charge in [-0.1, -0.05) is 237 Å². The number of carbonyl (C=O) groups is 2. The summed E-state index contributed by atoms with van der Waals surface area (Å²) in [6.45, 7) is 3.71. The molecule has 2 unspecified atom stereocenters. The molecule has 0 saturated heterocycles. The van der Waals surface area contributed by atoms with Crippen LogP contribution in [0.25, 0.3) is 0 Å². The average molecular weight is 952 g/mol. The minimum absolute atomic E-state index is 0.0518. The maximum atomic E-state index is 12.6. The fourth-order valence-corrected chi connectivity index (χ4v) is 8.83. The van der Waals surface area contributed by atoms with E-state index in [1.54, 1.807) is 0 Å². The molecule has 0 bridgehead atoms. The van der Waals surface area contributed by atoms with E-state index in [1.165, 1.54) is 180 Å². The number of phosphoric acid groups is 1. The number of esters is 2. The second kappa shape index (κ2) is 52.6. The van der Waals surface area contributed by atoms with Gasteiger partial charge in [0.15, 0.2) is 6.10 Å². The van der Waals surface area contributed by atoms with E-state index in [1.807, 2.05) is 0 Å². The quantitative estimate of drug-likeness (QED) is 0.0264. The SMILES string of the molecule is CCCC/C=C\C/C=C\CCCCCCCC(=O)OC(COC(=O)CCCCCCCCCCCCCCCCCCCCC/C=C\CCCCCCCCCC)COP(=O)(O)OCCN. The fraction of sp³-hybridized carbons (Fsp3) is 0.857. The fourth-order valence-electron chi connectivity index (χ4n) is 8.06. The lowest BCUT2D eigenvalue weighted by Gasteiger charge is -2.19. The minimum atomic E-state index is -4.38. The number of carbonyl (C=O) groups excluding carboxylic acids is 2. The molecule has 0 rings (SSSR count). The van der Waals surface area contributed by atoms with Crippen molar-refractivity contribution in [3.8, 4) is 0 Å². The topological polar surface area (TPSA) is 134 Å². The molecule has 10 heteroatoms. The van der Waals surface area contributed by atoms with Gasteiger partial charge in [-0.05, 0) is 64.2 Å². The summed E-state index contributed by atoms with van der Waals surface area (Å²) in [6, 6.07) is 0. The first kappa shape index (κ1) is 64.2.